The lowest BCUT2D eigenvalue weighted by Gasteiger charge is -2.04. The van der Waals surface area contributed by atoms with Crippen molar-refractivity contribution in [2.24, 2.45) is 0 Å². The van der Waals surface area contributed by atoms with Gasteiger partial charge in [-0.15, -0.1) is 11.3 Å². The fraction of sp³-hybridized carbons (Fsp3) is 0.417. The molecule has 0 aliphatic rings. The second-order valence-electron chi connectivity index (χ2n) is 4.32. The van der Waals surface area contributed by atoms with Crippen molar-refractivity contribution >= 4 is 21.4 Å². The molecule has 8 heteroatoms. The number of hydrogen-bond acceptors (Lipinski definition) is 6. The number of rotatable bonds is 6. The highest BCUT2D eigenvalue weighted by molar-refractivity contribution is 7.91. The Kier molecular flexibility index (Phi) is 4.59. The summed E-state index contributed by atoms with van der Waals surface area (Å²) in [6.45, 7) is 3.67. The van der Waals surface area contributed by atoms with E-state index in [9.17, 15) is 8.42 Å². The van der Waals surface area contributed by atoms with Crippen molar-refractivity contribution in [2.75, 3.05) is 6.61 Å². The molecule has 0 bridgehead atoms. The van der Waals surface area contributed by atoms with E-state index in [0.717, 1.165) is 21.8 Å². The molecule has 2 heterocycles. The largest absolute Gasteiger partial charge is 0.396 e. The maximum atomic E-state index is 12.2. The molecule has 20 heavy (non-hydrogen) atoms. The number of aliphatic hydroxyl groups is 1. The van der Waals surface area contributed by atoms with E-state index >= 15 is 0 Å². The van der Waals surface area contributed by atoms with Crippen LogP contribution in [0.1, 0.15) is 21.9 Å². The summed E-state index contributed by atoms with van der Waals surface area (Å²) in [7, 11) is -3.55. The fourth-order valence-corrected chi connectivity index (χ4v) is 4.12. The van der Waals surface area contributed by atoms with E-state index in [2.05, 4.69) is 9.88 Å². The molecule has 2 aromatic rings. The second-order valence-corrected chi connectivity index (χ2v) is 7.48. The van der Waals surface area contributed by atoms with Crippen molar-refractivity contribution in [3.05, 3.63) is 34.0 Å². The van der Waals surface area contributed by atoms with Crippen LogP contribution in [0, 0.1) is 13.8 Å². The van der Waals surface area contributed by atoms with Gasteiger partial charge in [-0.25, -0.2) is 13.1 Å². The molecule has 0 unspecified atom stereocenters. The Bertz CT molecular complexity index is 669. The Morgan fingerprint density at radius 2 is 2.15 bits per heavy atom. The first kappa shape index (κ1) is 15.2. The molecular weight excluding hydrogens is 300 g/mol. The highest BCUT2D eigenvalue weighted by Crippen LogP contribution is 2.22. The summed E-state index contributed by atoms with van der Waals surface area (Å²) in [5.74, 6) is 0.609. The monoisotopic (exact) mass is 316 g/mol. The van der Waals surface area contributed by atoms with Gasteiger partial charge < -0.3 is 9.63 Å². The van der Waals surface area contributed by atoms with Crippen LogP contribution < -0.4 is 4.72 Å². The predicted molar refractivity (Wildman–Crippen MR) is 75.1 cm³/mol. The number of thiophene rings is 1. The van der Waals surface area contributed by atoms with Crippen LogP contribution in [0.5, 0.6) is 0 Å². The third-order valence-corrected chi connectivity index (χ3v) is 5.92. The smallest absolute Gasteiger partial charge is 0.250 e. The van der Waals surface area contributed by atoms with Crippen LogP contribution in [-0.4, -0.2) is 25.3 Å². The van der Waals surface area contributed by atoms with Gasteiger partial charge in [-0.3, -0.25) is 0 Å². The molecule has 0 aliphatic carbocycles. The summed E-state index contributed by atoms with van der Waals surface area (Å²) in [4.78, 5) is 0.838. The van der Waals surface area contributed by atoms with E-state index in [-0.39, 0.29) is 17.4 Å². The summed E-state index contributed by atoms with van der Waals surface area (Å²) in [6, 6.07) is 3.26. The number of aliphatic hydroxyl groups excluding tert-OH is 1. The van der Waals surface area contributed by atoms with Crippen LogP contribution in [0.3, 0.4) is 0 Å². The van der Waals surface area contributed by atoms with E-state index in [1.165, 1.54) is 0 Å². The maximum Gasteiger partial charge on any atom is 0.250 e. The minimum atomic E-state index is -3.55. The first-order valence-corrected chi connectivity index (χ1v) is 8.35. The van der Waals surface area contributed by atoms with Crippen molar-refractivity contribution in [1.29, 1.82) is 0 Å². The molecule has 0 radical (unpaired) electrons. The lowest BCUT2D eigenvalue weighted by Crippen LogP contribution is -2.22. The number of aromatic nitrogens is 1. The van der Waals surface area contributed by atoms with Gasteiger partial charge in [0.1, 0.15) is 9.97 Å². The van der Waals surface area contributed by atoms with Crippen molar-refractivity contribution in [1.82, 2.24) is 9.88 Å². The average molecular weight is 316 g/mol. The van der Waals surface area contributed by atoms with E-state index in [4.69, 9.17) is 9.63 Å². The first-order chi connectivity index (χ1) is 9.44. The van der Waals surface area contributed by atoms with Crippen molar-refractivity contribution < 1.29 is 18.0 Å². The van der Waals surface area contributed by atoms with E-state index < -0.39 is 10.0 Å². The SMILES string of the molecule is Cc1noc(C)c1CNS(=O)(=O)c1ccc(CCO)s1. The van der Waals surface area contributed by atoms with Crippen LogP contribution in [0.4, 0.5) is 0 Å². The van der Waals surface area contributed by atoms with E-state index in [1.807, 2.05) is 0 Å². The summed E-state index contributed by atoms with van der Waals surface area (Å²) in [5, 5.41) is 12.6. The van der Waals surface area contributed by atoms with Gasteiger partial charge in [-0.1, -0.05) is 5.16 Å². The summed E-state index contributed by atoms with van der Waals surface area (Å²) >= 11 is 1.16. The molecule has 6 nitrogen and oxygen atoms in total. The zero-order valence-electron chi connectivity index (χ0n) is 11.2. The summed E-state index contributed by atoms with van der Waals surface area (Å²) in [6.07, 6.45) is 0.462. The number of aryl methyl sites for hydroxylation is 2. The Labute approximate surface area is 121 Å². The van der Waals surface area contributed by atoms with Crippen molar-refractivity contribution in [3.8, 4) is 0 Å². The van der Waals surface area contributed by atoms with Gasteiger partial charge in [0.15, 0.2) is 0 Å². The molecule has 0 spiro atoms. The predicted octanol–water partition coefficient (Wildman–Crippen LogP) is 1.37. The van der Waals surface area contributed by atoms with Gasteiger partial charge in [0.05, 0.1) is 5.69 Å². The highest BCUT2D eigenvalue weighted by Gasteiger charge is 2.18. The van der Waals surface area contributed by atoms with E-state index in [1.54, 1.807) is 26.0 Å². The van der Waals surface area contributed by atoms with Crippen LogP contribution >= 0.6 is 11.3 Å². The van der Waals surface area contributed by atoms with Gasteiger partial charge in [0.25, 0.3) is 0 Å². The minimum absolute atomic E-state index is 0.00646. The molecule has 2 N–H and O–H groups in total. The third kappa shape index (κ3) is 3.26. The quantitative estimate of drug-likeness (QED) is 0.839. The molecule has 2 rings (SSSR count). The Hall–Kier alpha value is -1.22. The normalized spacial score (nSPS) is 11.9. The van der Waals surface area contributed by atoms with Gasteiger partial charge >= 0.3 is 0 Å². The zero-order chi connectivity index (χ0) is 14.8. The van der Waals surface area contributed by atoms with Gasteiger partial charge in [-0.2, -0.15) is 0 Å². The van der Waals surface area contributed by atoms with Gasteiger partial charge in [0, 0.05) is 30.0 Å². The van der Waals surface area contributed by atoms with Crippen molar-refractivity contribution in [2.45, 2.75) is 31.0 Å². The molecule has 110 valence electrons. The zero-order valence-corrected chi connectivity index (χ0v) is 12.8. The van der Waals surface area contributed by atoms with Crippen molar-refractivity contribution in [3.63, 3.8) is 0 Å². The molecule has 2 aromatic heterocycles. The molecule has 0 saturated carbocycles. The Balaban J connectivity index is 2.11. The Morgan fingerprint density at radius 3 is 2.75 bits per heavy atom. The standard InChI is InChI=1S/C12H16N2O4S2/c1-8-11(9(2)18-14-8)7-13-20(16,17)12-4-3-10(19-12)5-6-15/h3-4,13,15H,5-7H2,1-2H3. The number of nitrogens with zero attached hydrogens (tertiary/aromatic N) is 1. The second kappa shape index (κ2) is 6.04. The molecular formula is C12H16N2O4S2. The number of nitrogens with one attached hydrogen (secondary N) is 1. The third-order valence-electron chi connectivity index (χ3n) is 2.88. The molecule has 0 fully saturated rings. The topological polar surface area (TPSA) is 92.4 Å². The van der Waals surface area contributed by atoms with E-state index in [0.29, 0.717) is 17.9 Å². The molecule has 0 aliphatic heterocycles. The first-order valence-electron chi connectivity index (χ1n) is 6.05. The lowest BCUT2D eigenvalue weighted by atomic mass is 10.2. The van der Waals surface area contributed by atoms with Crippen LogP contribution in [0.2, 0.25) is 0 Å². The minimum Gasteiger partial charge on any atom is -0.396 e. The Morgan fingerprint density at radius 1 is 1.40 bits per heavy atom. The summed E-state index contributed by atoms with van der Waals surface area (Å²) in [5.41, 5.74) is 1.43. The van der Waals surface area contributed by atoms with Crippen LogP contribution in [0.15, 0.2) is 20.9 Å². The average Bonchev–Trinajstić information content (AvgIpc) is 2.97. The van der Waals surface area contributed by atoms with Crippen LogP contribution in [-0.2, 0) is 23.0 Å². The number of sulfonamides is 1. The molecule has 0 amide bonds. The maximum absolute atomic E-state index is 12.2. The van der Waals surface area contributed by atoms with Gasteiger partial charge in [-0.05, 0) is 26.0 Å². The fourth-order valence-electron chi connectivity index (χ4n) is 1.74. The number of hydrogen-bond donors (Lipinski definition) is 2. The molecule has 0 atom stereocenters. The van der Waals surface area contributed by atoms with Gasteiger partial charge in [0.2, 0.25) is 10.0 Å². The molecule has 0 saturated heterocycles. The lowest BCUT2D eigenvalue weighted by molar-refractivity contribution is 0.300. The highest BCUT2D eigenvalue weighted by atomic mass is 32.2. The van der Waals surface area contributed by atoms with Crippen LogP contribution in [0.25, 0.3) is 0 Å². The molecule has 0 aromatic carbocycles. The summed E-state index contributed by atoms with van der Waals surface area (Å²) < 4.78 is 32.1.